The number of pyridine rings is 1. The third-order valence-corrected chi connectivity index (χ3v) is 6.33. The number of nitrogens with zero attached hydrogens (tertiary/aromatic N) is 6. The molecule has 34 heavy (non-hydrogen) atoms. The van der Waals surface area contributed by atoms with Gasteiger partial charge in [0.1, 0.15) is 16.3 Å². The molecule has 4 aromatic rings. The Bertz CT molecular complexity index is 1540. The quantitative estimate of drug-likeness (QED) is 0.155. The van der Waals surface area contributed by atoms with Crippen LogP contribution in [0.2, 0.25) is 0 Å². The number of hydrogen-bond acceptors (Lipinski definition) is 9. The molecule has 0 bridgehead atoms. The van der Waals surface area contributed by atoms with E-state index in [0.29, 0.717) is 16.3 Å². The molecule has 0 saturated carbocycles. The molecular weight excluding hydrogens is 460 g/mol. The number of amides is 1. The molecule has 1 atom stereocenters. The zero-order valence-electron chi connectivity index (χ0n) is 17.9. The van der Waals surface area contributed by atoms with Gasteiger partial charge in [0.2, 0.25) is 5.13 Å². The molecule has 1 aliphatic heterocycles. The number of aromatic nitrogens is 4. The average Bonchev–Trinajstić information content (AvgIpc) is 3.46. The summed E-state index contributed by atoms with van der Waals surface area (Å²) < 4.78 is 1.61. The minimum absolute atomic E-state index is 0.144. The van der Waals surface area contributed by atoms with E-state index in [1.165, 1.54) is 18.2 Å². The van der Waals surface area contributed by atoms with Crippen molar-refractivity contribution in [2.24, 2.45) is 0 Å². The zero-order chi connectivity index (χ0) is 24.1. The van der Waals surface area contributed by atoms with Crippen molar-refractivity contribution in [2.45, 2.75) is 19.9 Å². The fourth-order valence-electron chi connectivity index (χ4n) is 4.06. The monoisotopic (exact) mass is 476 g/mol. The van der Waals surface area contributed by atoms with E-state index < -0.39 is 28.4 Å². The molecule has 4 heterocycles. The van der Waals surface area contributed by atoms with Crippen LogP contribution in [0.5, 0.6) is 0 Å². The number of aliphatic hydroxyl groups excluding tert-OH is 1. The number of non-ortho nitro benzene ring substituents is 1. The number of rotatable bonds is 4. The van der Waals surface area contributed by atoms with Crippen LogP contribution in [0.25, 0.3) is 11.4 Å². The van der Waals surface area contributed by atoms with Gasteiger partial charge in [0.15, 0.2) is 5.76 Å². The number of nitro groups is 1. The molecule has 3 aromatic heterocycles. The number of carbonyl (C=O) groups excluding carboxylic acids is 2. The van der Waals surface area contributed by atoms with Gasteiger partial charge in [0.05, 0.1) is 22.2 Å². The second-order valence-corrected chi connectivity index (χ2v) is 8.76. The highest BCUT2D eigenvalue weighted by atomic mass is 32.1. The summed E-state index contributed by atoms with van der Waals surface area (Å²) >= 11 is 1.09. The summed E-state index contributed by atoms with van der Waals surface area (Å²) in [5.41, 5.74) is 1.07. The summed E-state index contributed by atoms with van der Waals surface area (Å²) in [5.74, 6) is -2.29. The first-order valence-corrected chi connectivity index (χ1v) is 10.9. The Balaban J connectivity index is 1.80. The molecule has 0 radical (unpaired) electrons. The Morgan fingerprint density at radius 1 is 1.15 bits per heavy atom. The van der Waals surface area contributed by atoms with E-state index in [9.17, 15) is 24.8 Å². The van der Waals surface area contributed by atoms with Crippen LogP contribution >= 0.6 is 11.3 Å². The predicted octanol–water partition coefficient (Wildman–Crippen LogP) is 3.34. The van der Waals surface area contributed by atoms with Gasteiger partial charge in [-0.1, -0.05) is 29.5 Å². The van der Waals surface area contributed by atoms with Crippen LogP contribution < -0.4 is 4.90 Å². The molecule has 0 aliphatic carbocycles. The van der Waals surface area contributed by atoms with E-state index in [-0.39, 0.29) is 27.6 Å². The first-order chi connectivity index (χ1) is 16.3. The van der Waals surface area contributed by atoms with Crippen molar-refractivity contribution < 1.29 is 19.6 Å². The fourth-order valence-corrected chi connectivity index (χ4v) is 4.78. The Hall–Kier alpha value is -4.45. The topological polar surface area (TPSA) is 144 Å². The van der Waals surface area contributed by atoms with Crippen LogP contribution in [-0.2, 0) is 9.59 Å². The molecule has 11 nitrogen and oxygen atoms in total. The zero-order valence-corrected chi connectivity index (χ0v) is 18.7. The van der Waals surface area contributed by atoms with E-state index >= 15 is 0 Å². The van der Waals surface area contributed by atoms with Gasteiger partial charge < -0.3 is 5.11 Å². The van der Waals surface area contributed by atoms with Crippen LogP contribution in [0.3, 0.4) is 0 Å². The fraction of sp³-hybridized carbons (Fsp3) is 0.136. The number of hydrogen-bond donors (Lipinski definition) is 1. The second kappa shape index (κ2) is 7.85. The molecule has 5 rings (SSSR count). The van der Waals surface area contributed by atoms with Crippen LogP contribution in [0.1, 0.15) is 28.0 Å². The number of anilines is 1. The maximum absolute atomic E-state index is 13.3. The van der Waals surface area contributed by atoms with Crippen LogP contribution in [0.15, 0.2) is 54.2 Å². The van der Waals surface area contributed by atoms with Gasteiger partial charge >= 0.3 is 5.91 Å². The molecule has 1 saturated heterocycles. The number of aryl methyl sites for hydroxylation is 2. The number of fused-ring (bicyclic) bond motifs is 1. The SMILES string of the molecule is Cc1nnc(N2C(=O)C(=O)/C(=C(/O)c3c(C)nc4ccccn34)C2c2cccc([N+](=O)[O-])c2)s1. The Kier molecular flexibility index (Phi) is 4.94. The number of carbonyl (C=O) groups is 2. The standard InChI is InChI=1S/C22H16N6O5S/c1-11-17(26-9-4-3-8-15(26)23-11)19(29)16-18(13-6-5-7-14(10-13)28(32)33)27(21(31)20(16)30)22-25-24-12(2)34-22/h3-10,18,29H,1-2H3/b19-16+. The highest BCUT2D eigenvalue weighted by Gasteiger charge is 2.49. The molecule has 1 aliphatic rings. The number of aliphatic hydroxyl groups is 1. The summed E-state index contributed by atoms with van der Waals surface area (Å²) in [6.07, 6.45) is 1.68. The number of Topliss-reactive ketones (excluding diaryl/α,β-unsaturated/α-hetero) is 1. The van der Waals surface area contributed by atoms with Crippen LogP contribution in [0, 0.1) is 24.0 Å². The lowest BCUT2D eigenvalue weighted by atomic mass is 9.96. The van der Waals surface area contributed by atoms with Crippen molar-refractivity contribution in [3.05, 3.63) is 86.3 Å². The van der Waals surface area contributed by atoms with E-state index in [1.54, 1.807) is 48.7 Å². The van der Waals surface area contributed by atoms with Crippen molar-refractivity contribution in [3.63, 3.8) is 0 Å². The Morgan fingerprint density at radius 3 is 2.65 bits per heavy atom. The van der Waals surface area contributed by atoms with Crippen molar-refractivity contribution in [3.8, 4) is 0 Å². The molecule has 1 N–H and O–H groups in total. The third kappa shape index (κ3) is 3.23. The summed E-state index contributed by atoms with van der Waals surface area (Å²) in [7, 11) is 0. The first-order valence-electron chi connectivity index (χ1n) is 10.1. The second-order valence-electron chi connectivity index (χ2n) is 7.60. The van der Waals surface area contributed by atoms with Crippen molar-refractivity contribution >= 4 is 45.3 Å². The highest BCUT2D eigenvalue weighted by Crippen LogP contribution is 2.43. The lowest BCUT2D eigenvalue weighted by Gasteiger charge is -2.22. The van der Waals surface area contributed by atoms with Crippen molar-refractivity contribution in [2.75, 3.05) is 4.90 Å². The van der Waals surface area contributed by atoms with Crippen molar-refractivity contribution in [1.82, 2.24) is 19.6 Å². The van der Waals surface area contributed by atoms with Gasteiger partial charge in [-0.15, -0.1) is 10.2 Å². The van der Waals surface area contributed by atoms with Crippen LogP contribution in [0.4, 0.5) is 10.8 Å². The molecule has 0 spiro atoms. The van der Waals surface area contributed by atoms with Gasteiger partial charge in [0.25, 0.3) is 11.5 Å². The number of imidazole rings is 1. The lowest BCUT2D eigenvalue weighted by molar-refractivity contribution is -0.384. The number of benzene rings is 1. The molecular formula is C22H16N6O5S. The molecule has 1 aromatic carbocycles. The molecule has 170 valence electrons. The van der Waals surface area contributed by atoms with Gasteiger partial charge in [-0.2, -0.15) is 0 Å². The maximum Gasteiger partial charge on any atom is 0.301 e. The van der Waals surface area contributed by atoms with E-state index in [4.69, 9.17) is 0 Å². The largest absolute Gasteiger partial charge is 0.505 e. The number of nitro benzene ring substituents is 1. The molecule has 1 amide bonds. The van der Waals surface area contributed by atoms with E-state index in [1.807, 2.05) is 0 Å². The van der Waals surface area contributed by atoms with Gasteiger partial charge in [-0.05, 0) is 31.5 Å². The molecule has 1 fully saturated rings. The van der Waals surface area contributed by atoms with Gasteiger partial charge in [-0.25, -0.2) is 4.98 Å². The normalized spacial score (nSPS) is 17.6. The summed E-state index contributed by atoms with van der Waals surface area (Å²) in [6, 6.07) is 9.70. The van der Waals surface area contributed by atoms with Gasteiger partial charge in [0, 0.05) is 18.3 Å². The van der Waals surface area contributed by atoms with Gasteiger partial charge in [-0.3, -0.25) is 29.0 Å². The average molecular weight is 476 g/mol. The highest BCUT2D eigenvalue weighted by molar-refractivity contribution is 7.15. The van der Waals surface area contributed by atoms with E-state index in [0.717, 1.165) is 16.2 Å². The smallest absolute Gasteiger partial charge is 0.301 e. The number of ketones is 1. The molecule has 12 heteroatoms. The summed E-state index contributed by atoms with van der Waals surface area (Å²) in [5, 5.41) is 31.5. The predicted molar refractivity (Wildman–Crippen MR) is 122 cm³/mol. The minimum Gasteiger partial charge on any atom is -0.505 e. The summed E-state index contributed by atoms with van der Waals surface area (Å²) in [4.78, 5) is 42.8. The molecule has 1 unspecified atom stereocenters. The maximum atomic E-state index is 13.3. The third-order valence-electron chi connectivity index (χ3n) is 5.49. The lowest BCUT2D eigenvalue weighted by Crippen LogP contribution is -2.29. The summed E-state index contributed by atoms with van der Waals surface area (Å²) in [6.45, 7) is 3.37. The minimum atomic E-state index is -1.15. The Labute approximate surface area is 195 Å². The van der Waals surface area contributed by atoms with E-state index in [2.05, 4.69) is 15.2 Å². The van der Waals surface area contributed by atoms with Crippen molar-refractivity contribution in [1.29, 1.82) is 0 Å². The first kappa shape index (κ1) is 21.4. The Morgan fingerprint density at radius 2 is 1.94 bits per heavy atom. The van der Waals surface area contributed by atoms with Crippen LogP contribution in [-0.4, -0.2) is 41.3 Å².